The zero-order chi connectivity index (χ0) is 18.3. The van der Waals surface area contributed by atoms with Crippen LogP contribution in [-0.2, 0) is 4.79 Å². The predicted octanol–water partition coefficient (Wildman–Crippen LogP) is 3.02. The molecule has 2 heterocycles. The maximum atomic E-state index is 13.3. The first-order valence-electron chi connectivity index (χ1n) is 10.0. The number of amides is 2. The van der Waals surface area contributed by atoms with Crippen molar-refractivity contribution in [1.82, 2.24) is 14.8 Å². The van der Waals surface area contributed by atoms with Gasteiger partial charge in [0.1, 0.15) is 0 Å². The van der Waals surface area contributed by atoms with Crippen molar-refractivity contribution in [2.75, 3.05) is 19.6 Å². The predicted molar refractivity (Wildman–Crippen MR) is 96.6 cm³/mol. The number of carbonyl (C=O) groups excluding carboxylic acids is 2. The van der Waals surface area contributed by atoms with Gasteiger partial charge < -0.3 is 14.2 Å². The largest absolute Gasteiger partial charge is 0.436 e. The summed E-state index contributed by atoms with van der Waals surface area (Å²) < 4.78 is 5.37. The third-order valence-corrected chi connectivity index (χ3v) is 6.83. The molecule has 0 radical (unpaired) electrons. The third-order valence-electron chi connectivity index (χ3n) is 6.83. The molecule has 3 fully saturated rings. The molecule has 3 aliphatic rings. The van der Waals surface area contributed by atoms with E-state index in [1.54, 1.807) is 11.8 Å². The molecule has 2 aliphatic carbocycles. The lowest BCUT2D eigenvalue weighted by Gasteiger charge is -2.52. The summed E-state index contributed by atoms with van der Waals surface area (Å²) in [6.07, 6.45) is 9.93. The number of hydrogen-bond acceptors (Lipinski definition) is 4. The van der Waals surface area contributed by atoms with Crippen molar-refractivity contribution in [3.63, 3.8) is 0 Å². The van der Waals surface area contributed by atoms with Crippen LogP contribution in [0.5, 0.6) is 0 Å². The first kappa shape index (κ1) is 17.6. The van der Waals surface area contributed by atoms with Gasteiger partial charge in [0, 0.05) is 38.5 Å². The Morgan fingerprint density at radius 2 is 1.96 bits per heavy atom. The molecule has 1 aliphatic heterocycles. The topological polar surface area (TPSA) is 66.7 Å². The van der Waals surface area contributed by atoms with Crippen LogP contribution in [0.1, 0.15) is 68.3 Å². The fourth-order valence-electron chi connectivity index (χ4n) is 5.21. The minimum absolute atomic E-state index is 0.0447. The smallest absolute Gasteiger partial charge is 0.291 e. The van der Waals surface area contributed by atoms with Gasteiger partial charge in [-0.15, -0.1) is 0 Å². The summed E-state index contributed by atoms with van der Waals surface area (Å²) in [6, 6.07) is 0.0447. The number of rotatable bonds is 2. The van der Waals surface area contributed by atoms with E-state index >= 15 is 0 Å². The lowest BCUT2D eigenvalue weighted by molar-refractivity contribution is -0.150. The SMILES string of the molecule is Cc1ncc(C(=O)N2CCN(C(=O)C3CCCCC34CCC4)[C@@H](C)C2)o1. The van der Waals surface area contributed by atoms with Gasteiger partial charge in [0.2, 0.25) is 11.7 Å². The van der Waals surface area contributed by atoms with Gasteiger partial charge in [-0.05, 0) is 38.0 Å². The maximum Gasteiger partial charge on any atom is 0.291 e. The summed E-state index contributed by atoms with van der Waals surface area (Å²) in [5, 5.41) is 0. The summed E-state index contributed by atoms with van der Waals surface area (Å²) in [5.41, 5.74) is 0.291. The average molecular weight is 359 g/mol. The van der Waals surface area contributed by atoms with Crippen LogP contribution in [0.3, 0.4) is 0 Å². The molecule has 2 saturated carbocycles. The summed E-state index contributed by atoms with van der Waals surface area (Å²) in [4.78, 5) is 33.7. The first-order valence-corrected chi connectivity index (χ1v) is 10.0. The van der Waals surface area contributed by atoms with E-state index in [9.17, 15) is 9.59 Å². The van der Waals surface area contributed by atoms with Gasteiger partial charge in [-0.2, -0.15) is 0 Å². The Morgan fingerprint density at radius 3 is 2.58 bits per heavy atom. The van der Waals surface area contributed by atoms with Crippen LogP contribution >= 0.6 is 0 Å². The third kappa shape index (κ3) is 2.93. The van der Waals surface area contributed by atoms with E-state index in [-0.39, 0.29) is 23.6 Å². The lowest BCUT2D eigenvalue weighted by Crippen LogP contribution is -2.59. The lowest BCUT2D eigenvalue weighted by atomic mass is 9.55. The molecule has 2 amide bonds. The monoisotopic (exact) mass is 359 g/mol. The number of nitrogens with zero attached hydrogens (tertiary/aromatic N) is 3. The molecular weight excluding hydrogens is 330 g/mol. The minimum atomic E-state index is -0.127. The van der Waals surface area contributed by atoms with Gasteiger partial charge in [-0.1, -0.05) is 19.3 Å². The van der Waals surface area contributed by atoms with Crippen molar-refractivity contribution in [2.24, 2.45) is 11.3 Å². The molecule has 1 spiro atoms. The Kier molecular flexibility index (Phi) is 4.53. The Bertz CT molecular complexity index is 694. The van der Waals surface area contributed by atoms with Crippen molar-refractivity contribution in [3.8, 4) is 0 Å². The second kappa shape index (κ2) is 6.71. The fraction of sp³-hybridized carbons (Fsp3) is 0.750. The second-order valence-electron chi connectivity index (χ2n) is 8.39. The quantitative estimate of drug-likeness (QED) is 0.814. The van der Waals surface area contributed by atoms with Crippen LogP contribution in [0.15, 0.2) is 10.6 Å². The summed E-state index contributed by atoms with van der Waals surface area (Å²) in [7, 11) is 0. The highest BCUT2D eigenvalue weighted by Crippen LogP contribution is 2.55. The van der Waals surface area contributed by atoms with Crippen molar-refractivity contribution < 1.29 is 14.0 Å². The summed E-state index contributed by atoms with van der Waals surface area (Å²) in [5.74, 6) is 1.19. The van der Waals surface area contributed by atoms with E-state index in [0.29, 0.717) is 36.8 Å². The average Bonchev–Trinajstić information content (AvgIpc) is 3.05. The van der Waals surface area contributed by atoms with Crippen molar-refractivity contribution in [1.29, 1.82) is 0 Å². The zero-order valence-electron chi connectivity index (χ0n) is 15.9. The Balaban J connectivity index is 1.42. The highest BCUT2D eigenvalue weighted by atomic mass is 16.4. The molecule has 1 aromatic rings. The normalized spacial score (nSPS) is 28.1. The van der Waals surface area contributed by atoms with Crippen LogP contribution in [0.4, 0.5) is 0 Å². The van der Waals surface area contributed by atoms with E-state index in [2.05, 4.69) is 11.9 Å². The Hall–Kier alpha value is -1.85. The summed E-state index contributed by atoms with van der Waals surface area (Å²) >= 11 is 0. The van der Waals surface area contributed by atoms with E-state index in [4.69, 9.17) is 4.42 Å². The number of carbonyl (C=O) groups is 2. The molecule has 2 atom stereocenters. The molecule has 142 valence electrons. The van der Waals surface area contributed by atoms with Crippen LogP contribution in [0, 0.1) is 18.3 Å². The highest BCUT2D eigenvalue weighted by molar-refractivity contribution is 5.91. The number of hydrogen-bond donors (Lipinski definition) is 0. The van der Waals surface area contributed by atoms with E-state index in [1.807, 2.05) is 4.90 Å². The molecule has 0 bridgehead atoms. The van der Waals surface area contributed by atoms with Crippen LogP contribution in [0.2, 0.25) is 0 Å². The minimum Gasteiger partial charge on any atom is -0.436 e. The van der Waals surface area contributed by atoms with Gasteiger partial charge in [0.25, 0.3) is 5.91 Å². The number of oxazole rings is 1. The second-order valence-corrected chi connectivity index (χ2v) is 8.39. The van der Waals surface area contributed by atoms with E-state index in [0.717, 1.165) is 6.42 Å². The molecule has 4 rings (SSSR count). The van der Waals surface area contributed by atoms with Crippen molar-refractivity contribution >= 4 is 11.8 Å². The molecule has 0 N–H and O–H groups in total. The molecule has 6 nitrogen and oxygen atoms in total. The van der Waals surface area contributed by atoms with Crippen LogP contribution < -0.4 is 0 Å². The first-order chi connectivity index (χ1) is 12.5. The fourth-order valence-corrected chi connectivity index (χ4v) is 5.21. The van der Waals surface area contributed by atoms with E-state index < -0.39 is 0 Å². The van der Waals surface area contributed by atoms with Gasteiger partial charge >= 0.3 is 0 Å². The Labute approximate surface area is 154 Å². The Morgan fingerprint density at radius 1 is 1.19 bits per heavy atom. The number of piperazine rings is 1. The molecule has 1 saturated heterocycles. The number of aromatic nitrogens is 1. The molecule has 6 heteroatoms. The standard InChI is InChI=1S/C20H29N3O3/c1-14-13-22(19(25)17-12-21-15(2)26-17)10-11-23(14)18(24)16-6-3-4-7-20(16)8-5-9-20/h12,14,16H,3-11,13H2,1-2H3/t14-,16?/m0/s1. The van der Waals surface area contributed by atoms with Crippen molar-refractivity contribution in [2.45, 2.75) is 64.8 Å². The van der Waals surface area contributed by atoms with Crippen LogP contribution in [-0.4, -0.2) is 52.3 Å². The van der Waals surface area contributed by atoms with E-state index in [1.165, 1.54) is 44.7 Å². The van der Waals surface area contributed by atoms with Crippen molar-refractivity contribution in [3.05, 3.63) is 17.8 Å². The molecular formula is C20H29N3O3. The van der Waals surface area contributed by atoms with Gasteiger partial charge in [0.15, 0.2) is 5.89 Å². The zero-order valence-corrected chi connectivity index (χ0v) is 15.9. The maximum absolute atomic E-state index is 13.3. The van der Waals surface area contributed by atoms with Gasteiger partial charge in [-0.25, -0.2) is 4.98 Å². The molecule has 1 aromatic heterocycles. The van der Waals surface area contributed by atoms with Gasteiger partial charge in [0.05, 0.1) is 6.20 Å². The van der Waals surface area contributed by atoms with Gasteiger partial charge in [-0.3, -0.25) is 9.59 Å². The number of aryl methyl sites for hydroxylation is 1. The summed E-state index contributed by atoms with van der Waals surface area (Å²) in [6.45, 7) is 5.53. The molecule has 0 aromatic carbocycles. The van der Waals surface area contributed by atoms with Crippen LogP contribution in [0.25, 0.3) is 0 Å². The molecule has 26 heavy (non-hydrogen) atoms. The highest BCUT2D eigenvalue weighted by Gasteiger charge is 2.50. The molecule has 1 unspecified atom stereocenters.